The van der Waals surface area contributed by atoms with Gasteiger partial charge in [0.05, 0.1) is 57.2 Å². The number of ether oxygens (including phenoxy) is 3. The summed E-state index contributed by atoms with van der Waals surface area (Å²) in [6.07, 6.45) is 5.33. The second-order valence-corrected chi connectivity index (χ2v) is 8.37. The normalized spacial score (nSPS) is 11.6. The van der Waals surface area contributed by atoms with Crippen LogP contribution in [0.15, 0.2) is 42.7 Å². The van der Waals surface area contributed by atoms with Gasteiger partial charge in [-0.15, -0.1) is 0 Å². The summed E-state index contributed by atoms with van der Waals surface area (Å²) in [7, 11) is -3.49. The first kappa shape index (κ1) is 23.3. The summed E-state index contributed by atoms with van der Waals surface area (Å²) in [4.78, 5) is 0. The van der Waals surface area contributed by atoms with Crippen molar-refractivity contribution in [2.24, 2.45) is 0 Å². The Morgan fingerprint density at radius 2 is 1.62 bits per heavy atom. The van der Waals surface area contributed by atoms with E-state index < -0.39 is 10.0 Å². The molecule has 0 amide bonds. The summed E-state index contributed by atoms with van der Waals surface area (Å²) < 4.78 is 44.6. The fourth-order valence-corrected chi connectivity index (χ4v) is 3.36. The lowest BCUT2D eigenvalue weighted by molar-refractivity contribution is 0.0168. The molecule has 0 aliphatic heterocycles. The molecule has 0 unspecified atom stereocenters. The predicted octanol–water partition coefficient (Wildman–Crippen LogP) is 2.52. The highest BCUT2D eigenvalue weighted by atomic mass is 32.2. The van der Waals surface area contributed by atoms with E-state index in [2.05, 4.69) is 16.7 Å². The summed E-state index contributed by atoms with van der Waals surface area (Å²) in [6.45, 7) is 5.39. The average molecular weight is 426 g/mol. The maximum Gasteiger partial charge on any atom is 0.235 e. The number of benzene rings is 1. The molecule has 0 spiro atoms. The quantitative estimate of drug-likeness (QED) is 0.416. The number of sulfonamides is 1. The Hall–Kier alpha value is -1.94. The van der Waals surface area contributed by atoms with Gasteiger partial charge in [0, 0.05) is 12.8 Å². The van der Waals surface area contributed by atoms with Crippen molar-refractivity contribution >= 4 is 15.7 Å². The molecule has 0 atom stereocenters. The van der Waals surface area contributed by atoms with Gasteiger partial charge in [-0.2, -0.15) is 5.10 Å². The van der Waals surface area contributed by atoms with E-state index >= 15 is 0 Å². The Bertz CT molecular complexity index is 780. The highest BCUT2D eigenvalue weighted by Crippen LogP contribution is 2.10. The molecule has 1 heterocycles. The van der Waals surface area contributed by atoms with Crippen LogP contribution in [0.3, 0.4) is 0 Å². The SMILES string of the molecule is CCCCOCCOCCOCCS(=O)(=O)Nc1cnn(Cc2ccccc2)c1. The summed E-state index contributed by atoms with van der Waals surface area (Å²) in [6, 6.07) is 9.84. The Morgan fingerprint density at radius 1 is 0.966 bits per heavy atom. The molecule has 0 saturated heterocycles. The number of anilines is 1. The molecule has 1 N–H and O–H groups in total. The Morgan fingerprint density at radius 3 is 2.31 bits per heavy atom. The standard InChI is InChI=1S/C20H31N3O5S/c1-2-3-9-26-10-11-27-12-13-28-14-15-29(24,25)22-20-16-21-23(18-20)17-19-7-5-4-6-8-19/h4-8,16,18,22H,2-3,9-15,17H2,1H3. The van der Waals surface area contributed by atoms with Crippen molar-refractivity contribution in [3.8, 4) is 0 Å². The minimum atomic E-state index is -3.49. The van der Waals surface area contributed by atoms with Crippen molar-refractivity contribution in [2.75, 3.05) is 50.1 Å². The van der Waals surface area contributed by atoms with Crippen molar-refractivity contribution in [3.05, 3.63) is 48.3 Å². The van der Waals surface area contributed by atoms with Gasteiger partial charge in [-0.1, -0.05) is 43.7 Å². The van der Waals surface area contributed by atoms with Crippen LogP contribution in [0.4, 0.5) is 5.69 Å². The number of rotatable bonds is 16. The highest BCUT2D eigenvalue weighted by molar-refractivity contribution is 7.92. The lowest BCUT2D eigenvalue weighted by Gasteiger charge is -2.08. The van der Waals surface area contributed by atoms with Gasteiger partial charge in [-0.3, -0.25) is 9.40 Å². The maximum atomic E-state index is 12.2. The van der Waals surface area contributed by atoms with Crippen molar-refractivity contribution < 1.29 is 22.6 Å². The molecule has 8 nitrogen and oxygen atoms in total. The van der Waals surface area contributed by atoms with Crippen molar-refractivity contribution in [1.29, 1.82) is 0 Å². The number of nitrogens with zero attached hydrogens (tertiary/aromatic N) is 2. The van der Waals surface area contributed by atoms with E-state index in [1.807, 2.05) is 30.3 Å². The molecule has 0 bridgehead atoms. The Labute approximate surface area is 173 Å². The van der Waals surface area contributed by atoms with E-state index in [1.54, 1.807) is 10.9 Å². The molecule has 0 aliphatic carbocycles. The number of aromatic nitrogens is 2. The smallest absolute Gasteiger partial charge is 0.235 e. The molecule has 2 rings (SSSR count). The summed E-state index contributed by atoms with van der Waals surface area (Å²) in [5.41, 5.74) is 1.53. The third-order valence-corrected chi connectivity index (χ3v) is 5.23. The molecule has 9 heteroatoms. The van der Waals surface area contributed by atoms with Crippen molar-refractivity contribution in [3.63, 3.8) is 0 Å². The zero-order valence-corrected chi connectivity index (χ0v) is 17.8. The molecule has 29 heavy (non-hydrogen) atoms. The summed E-state index contributed by atoms with van der Waals surface area (Å²) in [5, 5.41) is 4.19. The Balaban J connectivity index is 1.57. The van der Waals surface area contributed by atoms with Gasteiger partial charge in [-0.05, 0) is 12.0 Å². The first-order chi connectivity index (χ1) is 14.1. The first-order valence-corrected chi connectivity index (χ1v) is 11.5. The van der Waals surface area contributed by atoms with Gasteiger partial charge in [0.25, 0.3) is 0 Å². The molecule has 1 aromatic carbocycles. The van der Waals surface area contributed by atoms with E-state index in [4.69, 9.17) is 14.2 Å². The zero-order chi connectivity index (χ0) is 20.8. The van der Waals surface area contributed by atoms with Gasteiger partial charge in [0.1, 0.15) is 0 Å². The van der Waals surface area contributed by atoms with Gasteiger partial charge >= 0.3 is 0 Å². The van der Waals surface area contributed by atoms with Crippen LogP contribution in [-0.2, 0) is 30.8 Å². The molecule has 0 radical (unpaired) electrons. The number of nitrogens with one attached hydrogen (secondary N) is 1. The van der Waals surface area contributed by atoms with Gasteiger partial charge in [0.2, 0.25) is 10.0 Å². The third kappa shape index (κ3) is 10.4. The number of hydrogen-bond acceptors (Lipinski definition) is 6. The average Bonchev–Trinajstić information content (AvgIpc) is 3.12. The van der Waals surface area contributed by atoms with Gasteiger partial charge < -0.3 is 14.2 Å². The minimum absolute atomic E-state index is 0.101. The minimum Gasteiger partial charge on any atom is -0.379 e. The monoisotopic (exact) mass is 425 g/mol. The maximum absolute atomic E-state index is 12.2. The summed E-state index contributed by atoms with van der Waals surface area (Å²) >= 11 is 0. The van der Waals surface area contributed by atoms with Crippen LogP contribution in [0.1, 0.15) is 25.3 Å². The molecule has 162 valence electrons. The molecule has 1 aromatic heterocycles. The van der Waals surface area contributed by atoms with Crippen LogP contribution in [0.2, 0.25) is 0 Å². The summed E-state index contributed by atoms with van der Waals surface area (Å²) in [5.74, 6) is -0.128. The van der Waals surface area contributed by atoms with Gasteiger partial charge in [-0.25, -0.2) is 8.42 Å². The molecule has 0 saturated carbocycles. The van der Waals surface area contributed by atoms with Crippen LogP contribution >= 0.6 is 0 Å². The number of unbranched alkanes of at least 4 members (excludes halogenated alkanes) is 1. The third-order valence-electron chi connectivity index (χ3n) is 3.98. The number of hydrogen-bond donors (Lipinski definition) is 1. The van der Waals surface area contributed by atoms with Crippen LogP contribution in [-0.4, -0.2) is 63.6 Å². The molecule has 2 aromatic rings. The zero-order valence-electron chi connectivity index (χ0n) is 17.0. The van der Waals surface area contributed by atoms with Crippen LogP contribution < -0.4 is 4.72 Å². The lowest BCUT2D eigenvalue weighted by atomic mass is 10.2. The fraction of sp³-hybridized carbons (Fsp3) is 0.550. The molecular weight excluding hydrogens is 394 g/mol. The van der Waals surface area contributed by atoms with E-state index in [1.165, 1.54) is 6.20 Å². The molecule has 0 aliphatic rings. The molecular formula is C20H31N3O5S. The van der Waals surface area contributed by atoms with Gasteiger partial charge in [0.15, 0.2) is 0 Å². The topological polar surface area (TPSA) is 91.7 Å². The highest BCUT2D eigenvalue weighted by Gasteiger charge is 2.12. The molecule has 0 fully saturated rings. The predicted molar refractivity (Wildman–Crippen MR) is 113 cm³/mol. The van der Waals surface area contributed by atoms with Crippen LogP contribution in [0.25, 0.3) is 0 Å². The van der Waals surface area contributed by atoms with Crippen molar-refractivity contribution in [1.82, 2.24) is 9.78 Å². The van der Waals surface area contributed by atoms with Crippen molar-refractivity contribution in [2.45, 2.75) is 26.3 Å². The Kier molecular flexibility index (Phi) is 10.7. The van der Waals surface area contributed by atoms with Crippen LogP contribution in [0.5, 0.6) is 0 Å². The van der Waals surface area contributed by atoms with E-state index in [0.717, 1.165) is 25.0 Å². The second kappa shape index (κ2) is 13.3. The lowest BCUT2D eigenvalue weighted by Crippen LogP contribution is -2.21. The second-order valence-electron chi connectivity index (χ2n) is 6.52. The van der Waals surface area contributed by atoms with E-state index in [0.29, 0.717) is 38.7 Å². The van der Waals surface area contributed by atoms with E-state index in [9.17, 15) is 8.42 Å². The first-order valence-electron chi connectivity index (χ1n) is 9.89. The van der Waals surface area contributed by atoms with Crippen LogP contribution in [0, 0.1) is 0 Å². The van der Waals surface area contributed by atoms with E-state index in [-0.39, 0.29) is 12.4 Å². The fourth-order valence-electron chi connectivity index (χ4n) is 2.46. The largest absolute Gasteiger partial charge is 0.379 e.